The third-order valence-electron chi connectivity index (χ3n) is 6.00. The molecule has 0 bridgehead atoms. The Balaban J connectivity index is 1.57. The van der Waals surface area contributed by atoms with Gasteiger partial charge in [-0.1, -0.05) is 36.4 Å². The molecule has 1 unspecified atom stereocenters. The summed E-state index contributed by atoms with van der Waals surface area (Å²) in [6.45, 7) is 6.77. The minimum absolute atomic E-state index is 0.119. The fourth-order valence-electron chi connectivity index (χ4n) is 4.25. The van der Waals surface area contributed by atoms with E-state index in [-0.39, 0.29) is 36.0 Å². The Morgan fingerprint density at radius 1 is 1.00 bits per heavy atom. The van der Waals surface area contributed by atoms with E-state index in [4.69, 9.17) is 9.47 Å². The first-order chi connectivity index (χ1) is 18.5. The molecule has 1 amide bonds. The number of imidazole rings is 1. The predicted octanol–water partition coefficient (Wildman–Crippen LogP) is 6.09. The summed E-state index contributed by atoms with van der Waals surface area (Å²) in [6, 6.07) is 15.8. The summed E-state index contributed by atoms with van der Waals surface area (Å²) < 4.78 is 40.9. The van der Waals surface area contributed by atoms with Gasteiger partial charge in [-0.05, 0) is 63.9 Å². The molecule has 0 saturated carbocycles. The van der Waals surface area contributed by atoms with Crippen LogP contribution in [0.2, 0.25) is 0 Å². The van der Waals surface area contributed by atoms with Gasteiger partial charge in [0.25, 0.3) is 5.91 Å². The van der Waals surface area contributed by atoms with Gasteiger partial charge in [0.15, 0.2) is 11.4 Å². The van der Waals surface area contributed by atoms with E-state index in [0.29, 0.717) is 17.8 Å². The molecule has 4 rings (SSSR count). The second-order valence-electron chi connectivity index (χ2n) is 10.2. The number of aromatic nitrogens is 2. The van der Waals surface area contributed by atoms with E-state index < -0.39 is 29.2 Å². The molecule has 0 aliphatic carbocycles. The molecule has 204 valence electrons. The molecule has 2 heterocycles. The van der Waals surface area contributed by atoms with E-state index >= 15 is 0 Å². The zero-order valence-electron chi connectivity index (χ0n) is 22.3. The highest BCUT2D eigenvalue weighted by Gasteiger charge is 2.24. The third kappa shape index (κ3) is 6.79. The van der Waals surface area contributed by atoms with E-state index in [1.807, 2.05) is 30.3 Å². The van der Waals surface area contributed by atoms with Crippen molar-refractivity contribution in [2.45, 2.75) is 58.8 Å². The van der Waals surface area contributed by atoms with E-state index in [9.17, 15) is 18.4 Å². The SMILES string of the molecule is Cc1nc2c(OCc3c(F)cccc3F)cccn2c1C(=O)NC(CCC(=O)OC(C)(C)C)c1ccccc1. The fourth-order valence-corrected chi connectivity index (χ4v) is 4.25. The molecule has 39 heavy (non-hydrogen) atoms. The first kappa shape index (κ1) is 27.8. The van der Waals surface area contributed by atoms with Gasteiger partial charge in [0, 0.05) is 12.6 Å². The number of hydrogen-bond donors (Lipinski definition) is 1. The van der Waals surface area contributed by atoms with Crippen molar-refractivity contribution in [3.63, 3.8) is 0 Å². The minimum atomic E-state index is -0.708. The van der Waals surface area contributed by atoms with Crippen molar-refractivity contribution in [1.82, 2.24) is 14.7 Å². The van der Waals surface area contributed by atoms with Crippen LogP contribution in [0.15, 0.2) is 66.9 Å². The van der Waals surface area contributed by atoms with Crippen molar-refractivity contribution >= 4 is 17.5 Å². The number of pyridine rings is 1. The molecule has 2 aromatic heterocycles. The van der Waals surface area contributed by atoms with Crippen molar-refractivity contribution in [1.29, 1.82) is 0 Å². The van der Waals surface area contributed by atoms with Crippen LogP contribution in [0.4, 0.5) is 8.78 Å². The van der Waals surface area contributed by atoms with Crippen LogP contribution in [0, 0.1) is 18.6 Å². The lowest BCUT2D eigenvalue weighted by Gasteiger charge is -2.22. The van der Waals surface area contributed by atoms with Crippen LogP contribution in [-0.4, -0.2) is 26.9 Å². The Morgan fingerprint density at radius 2 is 1.69 bits per heavy atom. The van der Waals surface area contributed by atoms with Gasteiger partial charge in [-0.15, -0.1) is 0 Å². The van der Waals surface area contributed by atoms with Gasteiger partial charge < -0.3 is 14.8 Å². The van der Waals surface area contributed by atoms with E-state index in [2.05, 4.69) is 10.3 Å². The van der Waals surface area contributed by atoms with Crippen molar-refractivity contribution in [3.8, 4) is 5.75 Å². The number of amides is 1. The van der Waals surface area contributed by atoms with Crippen LogP contribution >= 0.6 is 0 Å². The second-order valence-corrected chi connectivity index (χ2v) is 10.2. The Hall–Kier alpha value is -4.27. The molecular formula is C30H31F2N3O4. The van der Waals surface area contributed by atoms with Crippen LogP contribution in [0.25, 0.3) is 5.65 Å². The van der Waals surface area contributed by atoms with Crippen molar-refractivity contribution in [2.24, 2.45) is 0 Å². The molecule has 0 radical (unpaired) electrons. The molecule has 1 atom stereocenters. The number of ether oxygens (including phenoxy) is 2. The number of benzene rings is 2. The topological polar surface area (TPSA) is 81.9 Å². The van der Waals surface area contributed by atoms with E-state index in [1.54, 1.807) is 50.4 Å². The quantitative estimate of drug-likeness (QED) is 0.262. The number of carbonyl (C=O) groups is 2. The standard InChI is InChI=1S/C30H31F2N3O4/c1-19-27(29(37)34-24(20-10-6-5-7-11-20)15-16-26(36)39-30(2,3)4)35-17-9-14-25(28(35)33-19)38-18-21-22(31)12-8-13-23(21)32/h5-14,17,24H,15-16,18H2,1-4H3,(H,34,37). The smallest absolute Gasteiger partial charge is 0.306 e. The zero-order valence-corrected chi connectivity index (χ0v) is 22.3. The summed E-state index contributed by atoms with van der Waals surface area (Å²) in [5, 5.41) is 3.03. The summed E-state index contributed by atoms with van der Waals surface area (Å²) in [7, 11) is 0. The lowest BCUT2D eigenvalue weighted by molar-refractivity contribution is -0.155. The van der Waals surface area contributed by atoms with Crippen LogP contribution in [0.5, 0.6) is 5.75 Å². The van der Waals surface area contributed by atoms with Gasteiger partial charge in [0.05, 0.1) is 17.3 Å². The Kier molecular flexibility index (Phi) is 8.28. The highest BCUT2D eigenvalue weighted by Crippen LogP contribution is 2.26. The summed E-state index contributed by atoms with van der Waals surface area (Å²) in [5.41, 5.74) is 1.11. The molecular weight excluding hydrogens is 504 g/mol. The summed E-state index contributed by atoms with van der Waals surface area (Å²) in [4.78, 5) is 30.4. The predicted molar refractivity (Wildman–Crippen MR) is 142 cm³/mol. The number of aryl methyl sites for hydroxylation is 1. The average Bonchev–Trinajstić information content (AvgIpc) is 3.22. The lowest BCUT2D eigenvalue weighted by atomic mass is 10.0. The molecule has 7 nitrogen and oxygen atoms in total. The summed E-state index contributed by atoms with van der Waals surface area (Å²) in [5.74, 6) is -1.89. The first-order valence-corrected chi connectivity index (χ1v) is 12.6. The normalized spacial score (nSPS) is 12.3. The molecule has 0 fully saturated rings. The maximum absolute atomic E-state index is 14.1. The Morgan fingerprint density at radius 3 is 2.36 bits per heavy atom. The largest absolute Gasteiger partial charge is 0.485 e. The molecule has 2 aromatic carbocycles. The number of halogens is 2. The van der Waals surface area contributed by atoms with Gasteiger partial charge in [0.1, 0.15) is 29.5 Å². The molecule has 0 saturated heterocycles. The average molecular weight is 536 g/mol. The van der Waals surface area contributed by atoms with E-state index in [0.717, 1.165) is 17.7 Å². The third-order valence-corrected chi connectivity index (χ3v) is 6.00. The van der Waals surface area contributed by atoms with Gasteiger partial charge in [-0.2, -0.15) is 0 Å². The number of nitrogens with zero attached hydrogens (tertiary/aromatic N) is 2. The molecule has 1 N–H and O–H groups in total. The maximum atomic E-state index is 14.1. The molecule has 9 heteroatoms. The second kappa shape index (κ2) is 11.6. The molecule has 0 spiro atoms. The minimum Gasteiger partial charge on any atom is -0.485 e. The van der Waals surface area contributed by atoms with Crippen molar-refractivity contribution < 1.29 is 27.8 Å². The number of fused-ring (bicyclic) bond motifs is 1. The van der Waals surface area contributed by atoms with Crippen molar-refractivity contribution in [2.75, 3.05) is 0 Å². The van der Waals surface area contributed by atoms with Gasteiger partial charge in [-0.25, -0.2) is 13.8 Å². The monoisotopic (exact) mass is 535 g/mol. The first-order valence-electron chi connectivity index (χ1n) is 12.6. The van der Waals surface area contributed by atoms with Crippen molar-refractivity contribution in [3.05, 3.63) is 101 Å². The number of esters is 1. The number of nitrogens with one attached hydrogen (secondary N) is 1. The Labute approximate surface area is 225 Å². The van der Waals surface area contributed by atoms with Crippen LogP contribution in [0.1, 0.15) is 67.0 Å². The Bertz CT molecular complexity index is 1460. The molecule has 4 aromatic rings. The number of carbonyl (C=O) groups excluding carboxylic acids is 2. The van der Waals surface area contributed by atoms with Crippen LogP contribution < -0.4 is 10.1 Å². The maximum Gasteiger partial charge on any atom is 0.306 e. The number of hydrogen-bond acceptors (Lipinski definition) is 5. The highest BCUT2D eigenvalue weighted by molar-refractivity contribution is 5.95. The summed E-state index contributed by atoms with van der Waals surface area (Å²) in [6.07, 6.45) is 2.12. The fraction of sp³-hybridized carbons (Fsp3) is 0.300. The van der Waals surface area contributed by atoms with Crippen LogP contribution in [0.3, 0.4) is 0 Å². The van der Waals surface area contributed by atoms with Gasteiger partial charge in [0.2, 0.25) is 0 Å². The number of rotatable bonds is 9. The van der Waals surface area contributed by atoms with Crippen LogP contribution in [-0.2, 0) is 16.1 Å². The zero-order chi connectivity index (χ0) is 28.2. The van der Waals surface area contributed by atoms with E-state index in [1.165, 1.54) is 6.07 Å². The lowest BCUT2D eigenvalue weighted by Crippen LogP contribution is -2.31. The van der Waals surface area contributed by atoms with Gasteiger partial charge >= 0.3 is 5.97 Å². The van der Waals surface area contributed by atoms with Gasteiger partial charge in [-0.3, -0.25) is 14.0 Å². The summed E-state index contributed by atoms with van der Waals surface area (Å²) >= 11 is 0. The molecule has 0 aliphatic rings. The highest BCUT2D eigenvalue weighted by atomic mass is 19.1. The molecule has 0 aliphatic heterocycles.